The molecule has 0 aliphatic heterocycles. The van der Waals surface area contributed by atoms with Gasteiger partial charge in [0.25, 0.3) is 0 Å². The Balaban J connectivity index is 2.19. The van der Waals surface area contributed by atoms with Gasteiger partial charge in [0.2, 0.25) is 0 Å². The number of hydrogen-bond acceptors (Lipinski definition) is 4. The standard InChI is InChI=1S/C10H19N3O2/c1-9(10(14-2)15-3)12-5-7-13-6-4-11-8-13/h4,6,8-10,12H,5,7H2,1-3H3. The summed E-state index contributed by atoms with van der Waals surface area (Å²) in [5, 5.41) is 3.32. The van der Waals surface area contributed by atoms with E-state index in [2.05, 4.69) is 10.3 Å². The quantitative estimate of drug-likeness (QED) is 0.669. The van der Waals surface area contributed by atoms with Gasteiger partial charge in [-0.05, 0) is 6.92 Å². The van der Waals surface area contributed by atoms with Gasteiger partial charge in [0.05, 0.1) is 12.4 Å². The molecule has 0 saturated carbocycles. The number of nitrogens with zero attached hydrogens (tertiary/aromatic N) is 2. The van der Waals surface area contributed by atoms with Crippen LogP contribution in [0.25, 0.3) is 0 Å². The lowest BCUT2D eigenvalue weighted by Crippen LogP contribution is -2.40. The van der Waals surface area contributed by atoms with Crippen LogP contribution < -0.4 is 5.32 Å². The molecule has 1 rings (SSSR count). The third-order valence-corrected chi connectivity index (χ3v) is 2.27. The van der Waals surface area contributed by atoms with Crippen molar-refractivity contribution in [2.24, 2.45) is 0 Å². The number of aromatic nitrogens is 2. The summed E-state index contributed by atoms with van der Waals surface area (Å²) in [6.45, 7) is 3.79. The van der Waals surface area contributed by atoms with Crippen molar-refractivity contribution in [1.29, 1.82) is 0 Å². The lowest BCUT2D eigenvalue weighted by Gasteiger charge is -2.22. The first-order valence-corrected chi connectivity index (χ1v) is 5.02. The van der Waals surface area contributed by atoms with Crippen LogP contribution in [0.2, 0.25) is 0 Å². The first-order valence-electron chi connectivity index (χ1n) is 5.02. The highest BCUT2D eigenvalue weighted by Crippen LogP contribution is 1.98. The summed E-state index contributed by atoms with van der Waals surface area (Å²) in [5.74, 6) is 0. The number of rotatable bonds is 7. The average molecular weight is 213 g/mol. The fourth-order valence-corrected chi connectivity index (χ4v) is 1.44. The van der Waals surface area contributed by atoms with Gasteiger partial charge in [-0.1, -0.05) is 0 Å². The molecule has 1 N–H and O–H groups in total. The normalized spacial score (nSPS) is 13.3. The second-order valence-electron chi connectivity index (χ2n) is 3.38. The van der Waals surface area contributed by atoms with Crippen molar-refractivity contribution in [3.05, 3.63) is 18.7 Å². The molecule has 0 amide bonds. The topological polar surface area (TPSA) is 48.3 Å². The largest absolute Gasteiger partial charge is 0.354 e. The molecule has 1 aromatic heterocycles. The van der Waals surface area contributed by atoms with Gasteiger partial charge >= 0.3 is 0 Å². The molecule has 5 nitrogen and oxygen atoms in total. The minimum absolute atomic E-state index is 0.170. The van der Waals surface area contributed by atoms with Gasteiger partial charge in [-0.2, -0.15) is 0 Å². The zero-order valence-electron chi connectivity index (χ0n) is 9.51. The van der Waals surface area contributed by atoms with E-state index in [1.165, 1.54) is 0 Å². The van der Waals surface area contributed by atoms with Gasteiger partial charge in [-0.25, -0.2) is 4.98 Å². The van der Waals surface area contributed by atoms with E-state index >= 15 is 0 Å². The van der Waals surface area contributed by atoms with Crippen LogP contribution in [-0.4, -0.2) is 42.6 Å². The van der Waals surface area contributed by atoms with Crippen LogP contribution in [0, 0.1) is 0 Å². The molecule has 0 aliphatic rings. The zero-order valence-corrected chi connectivity index (χ0v) is 9.51. The highest BCUT2D eigenvalue weighted by Gasteiger charge is 2.14. The molecule has 0 bridgehead atoms. The van der Waals surface area contributed by atoms with E-state index in [9.17, 15) is 0 Å². The zero-order chi connectivity index (χ0) is 11.1. The molecule has 1 unspecified atom stereocenters. The SMILES string of the molecule is COC(OC)C(C)NCCn1ccnc1. The van der Waals surface area contributed by atoms with Crippen LogP contribution in [0.4, 0.5) is 0 Å². The minimum Gasteiger partial charge on any atom is -0.354 e. The van der Waals surface area contributed by atoms with E-state index in [0.717, 1.165) is 13.1 Å². The summed E-state index contributed by atoms with van der Waals surface area (Å²) < 4.78 is 12.3. The number of methoxy groups -OCH3 is 2. The Morgan fingerprint density at radius 1 is 1.40 bits per heavy atom. The summed E-state index contributed by atoms with van der Waals surface area (Å²) in [5.41, 5.74) is 0. The number of hydrogen-bond donors (Lipinski definition) is 1. The predicted octanol–water partition coefficient (Wildman–Crippen LogP) is 0.480. The van der Waals surface area contributed by atoms with Gasteiger partial charge in [-0.15, -0.1) is 0 Å². The Bertz CT molecular complexity index is 247. The summed E-state index contributed by atoms with van der Waals surface area (Å²) in [7, 11) is 3.28. The molecule has 1 heterocycles. The Morgan fingerprint density at radius 3 is 2.67 bits per heavy atom. The van der Waals surface area contributed by atoms with Crippen LogP contribution in [0.15, 0.2) is 18.7 Å². The Labute approximate surface area is 90.4 Å². The van der Waals surface area contributed by atoms with E-state index in [-0.39, 0.29) is 12.3 Å². The van der Waals surface area contributed by atoms with Crippen molar-refractivity contribution >= 4 is 0 Å². The molecule has 1 atom stereocenters. The van der Waals surface area contributed by atoms with Gasteiger partial charge in [0.15, 0.2) is 6.29 Å². The maximum atomic E-state index is 5.15. The molecule has 0 fully saturated rings. The number of nitrogens with one attached hydrogen (secondary N) is 1. The first kappa shape index (κ1) is 12.2. The van der Waals surface area contributed by atoms with E-state index < -0.39 is 0 Å². The molecule has 1 aromatic rings. The van der Waals surface area contributed by atoms with Gasteiger partial charge < -0.3 is 19.4 Å². The molecule has 0 aliphatic carbocycles. The van der Waals surface area contributed by atoms with E-state index in [1.54, 1.807) is 26.7 Å². The molecule has 0 radical (unpaired) electrons. The van der Waals surface area contributed by atoms with Crippen molar-refractivity contribution in [1.82, 2.24) is 14.9 Å². The van der Waals surface area contributed by atoms with Gasteiger partial charge in [0, 0.05) is 39.7 Å². The second-order valence-corrected chi connectivity index (χ2v) is 3.38. The monoisotopic (exact) mass is 213 g/mol. The van der Waals surface area contributed by atoms with E-state index in [1.807, 2.05) is 17.7 Å². The molecule has 15 heavy (non-hydrogen) atoms. The lowest BCUT2D eigenvalue weighted by atomic mass is 10.3. The van der Waals surface area contributed by atoms with Crippen molar-refractivity contribution in [2.75, 3.05) is 20.8 Å². The maximum Gasteiger partial charge on any atom is 0.171 e. The van der Waals surface area contributed by atoms with Crippen molar-refractivity contribution in [3.63, 3.8) is 0 Å². The molecule has 0 aromatic carbocycles. The van der Waals surface area contributed by atoms with Crippen molar-refractivity contribution < 1.29 is 9.47 Å². The van der Waals surface area contributed by atoms with Crippen LogP contribution in [0.1, 0.15) is 6.92 Å². The fraction of sp³-hybridized carbons (Fsp3) is 0.700. The lowest BCUT2D eigenvalue weighted by molar-refractivity contribution is -0.119. The fourth-order valence-electron chi connectivity index (χ4n) is 1.44. The average Bonchev–Trinajstić information content (AvgIpc) is 2.72. The maximum absolute atomic E-state index is 5.15. The third kappa shape index (κ3) is 3.99. The molecular weight excluding hydrogens is 194 g/mol. The summed E-state index contributed by atoms with van der Waals surface area (Å²) in [4.78, 5) is 3.97. The predicted molar refractivity (Wildman–Crippen MR) is 57.5 cm³/mol. The van der Waals surface area contributed by atoms with E-state index in [4.69, 9.17) is 9.47 Å². The summed E-state index contributed by atoms with van der Waals surface area (Å²) in [6.07, 6.45) is 5.32. The number of imidazole rings is 1. The molecular formula is C10H19N3O2. The third-order valence-electron chi connectivity index (χ3n) is 2.27. The van der Waals surface area contributed by atoms with E-state index in [0.29, 0.717) is 0 Å². The van der Waals surface area contributed by atoms with Crippen molar-refractivity contribution in [2.45, 2.75) is 25.8 Å². The number of ether oxygens (including phenoxy) is 2. The Kier molecular flexibility index (Phi) is 5.31. The highest BCUT2D eigenvalue weighted by atomic mass is 16.7. The van der Waals surface area contributed by atoms with Crippen LogP contribution in [-0.2, 0) is 16.0 Å². The summed E-state index contributed by atoms with van der Waals surface area (Å²) in [6, 6.07) is 0.170. The van der Waals surface area contributed by atoms with Gasteiger partial charge in [0.1, 0.15) is 0 Å². The molecule has 0 spiro atoms. The summed E-state index contributed by atoms with van der Waals surface area (Å²) >= 11 is 0. The molecule has 0 saturated heterocycles. The van der Waals surface area contributed by atoms with Crippen molar-refractivity contribution in [3.8, 4) is 0 Å². The molecule has 86 valence electrons. The molecule has 5 heteroatoms. The first-order chi connectivity index (χ1) is 7.27. The Hall–Kier alpha value is -0.910. The smallest absolute Gasteiger partial charge is 0.171 e. The minimum atomic E-state index is -0.201. The van der Waals surface area contributed by atoms with Crippen LogP contribution in [0.5, 0.6) is 0 Å². The second kappa shape index (κ2) is 6.55. The van der Waals surface area contributed by atoms with Crippen LogP contribution >= 0.6 is 0 Å². The Morgan fingerprint density at radius 2 is 2.13 bits per heavy atom. The van der Waals surface area contributed by atoms with Gasteiger partial charge in [-0.3, -0.25) is 0 Å². The van der Waals surface area contributed by atoms with Crippen LogP contribution in [0.3, 0.4) is 0 Å². The highest BCUT2D eigenvalue weighted by molar-refractivity contribution is 4.74.